The molecule has 0 radical (unpaired) electrons. The summed E-state index contributed by atoms with van der Waals surface area (Å²) in [5.41, 5.74) is 0. The van der Waals surface area contributed by atoms with Crippen molar-refractivity contribution in [1.82, 2.24) is 9.78 Å². The minimum absolute atomic E-state index is 1.03. The van der Waals surface area contributed by atoms with E-state index in [1.807, 2.05) is 17.1 Å². The van der Waals surface area contributed by atoms with Crippen molar-refractivity contribution in [3.8, 4) is 0 Å². The lowest BCUT2D eigenvalue weighted by atomic mass is 10.3. The van der Waals surface area contributed by atoms with Gasteiger partial charge in [0.15, 0.2) is 0 Å². The standard InChI is InChI=1S/C7H11BrN2/c1-2-3-4-10-6-7(8)5-9-10/h5-6H,2-4H2,1H3. The van der Waals surface area contributed by atoms with E-state index >= 15 is 0 Å². The Morgan fingerprint density at radius 3 is 3.00 bits per heavy atom. The third-order valence-corrected chi connectivity index (χ3v) is 1.75. The molecule has 3 heteroatoms. The molecular formula is C7H11BrN2. The van der Waals surface area contributed by atoms with Crippen LogP contribution in [-0.2, 0) is 6.54 Å². The molecule has 1 rings (SSSR count). The molecule has 0 saturated heterocycles. The molecule has 0 saturated carbocycles. The second-order valence-corrected chi connectivity index (χ2v) is 3.19. The van der Waals surface area contributed by atoms with Crippen molar-refractivity contribution in [2.24, 2.45) is 0 Å². The summed E-state index contributed by atoms with van der Waals surface area (Å²) in [6.45, 7) is 3.21. The third-order valence-electron chi connectivity index (χ3n) is 1.34. The monoisotopic (exact) mass is 202 g/mol. The summed E-state index contributed by atoms with van der Waals surface area (Å²) < 4.78 is 3.01. The van der Waals surface area contributed by atoms with Crippen molar-refractivity contribution >= 4 is 15.9 Å². The number of rotatable bonds is 3. The molecule has 2 nitrogen and oxygen atoms in total. The Labute approximate surface area is 69.4 Å². The first-order chi connectivity index (χ1) is 4.83. The summed E-state index contributed by atoms with van der Waals surface area (Å²) in [4.78, 5) is 0. The highest BCUT2D eigenvalue weighted by Crippen LogP contribution is 2.06. The second kappa shape index (κ2) is 3.76. The molecule has 0 unspecified atom stereocenters. The van der Waals surface area contributed by atoms with E-state index in [1.165, 1.54) is 12.8 Å². The van der Waals surface area contributed by atoms with Crippen LogP contribution in [-0.4, -0.2) is 9.78 Å². The second-order valence-electron chi connectivity index (χ2n) is 2.28. The lowest BCUT2D eigenvalue weighted by Crippen LogP contribution is -1.96. The smallest absolute Gasteiger partial charge is 0.0632 e. The van der Waals surface area contributed by atoms with E-state index in [4.69, 9.17) is 0 Å². The van der Waals surface area contributed by atoms with Gasteiger partial charge in [-0.15, -0.1) is 0 Å². The Morgan fingerprint density at radius 1 is 1.70 bits per heavy atom. The number of unbranched alkanes of at least 4 members (excludes halogenated alkanes) is 1. The zero-order valence-corrected chi connectivity index (χ0v) is 7.63. The summed E-state index contributed by atoms with van der Waals surface area (Å²) >= 11 is 3.34. The van der Waals surface area contributed by atoms with Gasteiger partial charge in [-0.05, 0) is 22.4 Å². The van der Waals surface area contributed by atoms with Crippen LogP contribution in [0.25, 0.3) is 0 Å². The number of halogens is 1. The molecule has 0 amide bonds. The van der Waals surface area contributed by atoms with Crippen LogP contribution < -0.4 is 0 Å². The number of aryl methyl sites for hydroxylation is 1. The maximum absolute atomic E-state index is 4.12. The van der Waals surface area contributed by atoms with Gasteiger partial charge >= 0.3 is 0 Å². The van der Waals surface area contributed by atoms with Gasteiger partial charge in [0.2, 0.25) is 0 Å². The van der Waals surface area contributed by atoms with E-state index in [0.29, 0.717) is 0 Å². The van der Waals surface area contributed by atoms with Crippen LogP contribution in [0.1, 0.15) is 19.8 Å². The Kier molecular flexibility index (Phi) is 2.93. The molecule has 0 bridgehead atoms. The Balaban J connectivity index is 2.42. The normalized spacial score (nSPS) is 10.2. The largest absolute Gasteiger partial charge is 0.272 e. The molecular weight excluding hydrogens is 192 g/mol. The first kappa shape index (κ1) is 7.79. The average molecular weight is 203 g/mol. The Bertz CT molecular complexity index is 195. The fourth-order valence-corrected chi connectivity index (χ4v) is 1.11. The number of hydrogen-bond donors (Lipinski definition) is 0. The van der Waals surface area contributed by atoms with E-state index in [-0.39, 0.29) is 0 Å². The van der Waals surface area contributed by atoms with Gasteiger partial charge in [0.25, 0.3) is 0 Å². The molecule has 10 heavy (non-hydrogen) atoms. The summed E-state index contributed by atoms with van der Waals surface area (Å²) in [6.07, 6.45) is 6.23. The third kappa shape index (κ3) is 2.14. The molecule has 56 valence electrons. The Hall–Kier alpha value is -0.310. The molecule has 1 heterocycles. The van der Waals surface area contributed by atoms with E-state index in [0.717, 1.165) is 11.0 Å². The van der Waals surface area contributed by atoms with Crippen LogP contribution in [0.5, 0.6) is 0 Å². The predicted octanol–water partition coefficient (Wildman–Crippen LogP) is 2.45. The van der Waals surface area contributed by atoms with Crippen LogP contribution in [0, 0.1) is 0 Å². The molecule has 0 aliphatic carbocycles. The molecule has 0 atom stereocenters. The number of aromatic nitrogens is 2. The van der Waals surface area contributed by atoms with E-state index in [2.05, 4.69) is 28.0 Å². The van der Waals surface area contributed by atoms with Crippen LogP contribution in [0.3, 0.4) is 0 Å². The highest BCUT2D eigenvalue weighted by atomic mass is 79.9. The highest BCUT2D eigenvalue weighted by Gasteiger charge is 1.91. The van der Waals surface area contributed by atoms with Crippen LogP contribution in [0.4, 0.5) is 0 Å². The number of hydrogen-bond acceptors (Lipinski definition) is 1. The summed E-state index contributed by atoms with van der Waals surface area (Å²) in [6, 6.07) is 0. The molecule has 0 spiro atoms. The number of nitrogens with zero attached hydrogens (tertiary/aromatic N) is 2. The molecule has 0 fully saturated rings. The lowest BCUT2D eigenvalue weighted by molar-refractivity contribution is 0.571. The SMILES string of the molecule is CCCCn1cc(Br)cn1. The summed E-state index contributed by atoms with van der Waals surface area (Å²) in [5, 5.41) is 4.12. The lowest BCUT2D eigenvalue weighted by Gasteiger charge is -1.96. The fraction of sp³-hybridized carbons (Fsp3) is 0.571. The van der Waals surface area contributed by atoms with Gasteiger partial charge in [-0.1, -0.05) is 13.3 Å². The summed E-state index contributed by atoms with van der Waals surface area (Å²) in [7, 11) is 0. The minimum atomic E-state index is 1.03. The van der Waals surface area contributed by atoms with Crippen molar-refractivity contribution in [2.75, 3.05) is 0 Å². The fourth-order valence-electron chi connectivity index (χ4n) is 0.781. The van der Waals surface area contributed by atoms with Gasteiger partial charge < -0.3 is 0 Å². The predicted molar refractivity (Wildman–Crippen MR) is 44.8 cm³/mol. The summed E-state index contributed by atoms with van der Waals surface area (Å²) in [5.74, 6) is 0. The van der Waals surface area contributed by atoms with Crippen molar-refractivity contribution in [1.29, 1.82) is 0 Å². The quantitative estimate of drug-likeness (QED) is 0.737. The van der Waals surface area contributed by atoms with E-state index in [1.54, 1.807) is 0 Å². The molecule has 0 aliphatic rings. The van der Waals surface area contributed by atoms with Gasteiger partial charge in [0.05, 0.1) is 10.7 Å². The topological polar surface area (TPSA) is 17.8 Å². The molecule has 0 aliphatic heterocycles. The average Bonchev–Trinajstić information content (AvgIpc) is 2.31. The molecule has 0 N–H and O–H groups in total. The van der Waals surface area contributed by atoms with Gasteiger partial charge in [-0.2, -0.15) is 5.10 Å². The van der Waals surface area contributed by atoms with Gasteiger partial charge in [-0.3, -0.25) is 4.68 Å². The zero-order chi connectivity index (χ0) is 7.40. The van der Waals surface area contributed by atoms with Crippen LogP contribution in [0.15, 0.2) is 16.9 Å². The van der Waals surface area contributed by atoms with E-state index in [9.17, 15) is 0 Å². The van der Waals surface area contributed by atoms with Crippen molar-refractivity contribution < 1.29 is 0 Å². The van der Waals surface area contributed by atoms with Crippen LogP contribution in [0.2, 0.25) is 0 Å². The maximum atomic E-state index is 4.12. The van der Waals surface area contributed by atoms with Gasteiger partial charge in [0, 0.05) is 12.7 Å². The van der Waals surface area contributed by atoms with Gasteiger partial charge in [-0.25, -0.2) is 0 Å². The molecule has 0 aromatic carbocycles. The first-order valence-electron chi connectivity index (χ1n) is 3.51. The molecule has 1 aromatic rings. The Morgan fingerprint density at radius 2 is 2.50 bits per heavy atom. The van der Waals surface area contributed by atoms with Crippen molar-refractivity contribution in [3.05, 3.63) is 16.9 Å². The van der Waals surface area contributed by atoms with Gasteiger partial charge in [0.1, 0.15) is 0 Å². The first-order valence-corrected chi connectivity index (χ1v) is 4.30. The van der Waals surface area contributed by atoms with Crippen molar-refractivity contribution in [2.45, 2.75) is 26.3 Å². The van der Waals surface area contributed by atoms with Crippen LogP contribution >= 0.6 is 15.9 Å². The minimum Gasteiger partial charge on any atom is -0.272 e. The highest BCUT2D eigenvalue weighted by molar-refractivity contribution is 9.10. The molecule has 1 aromatic heterocycles. The maximum Gasteiger partial charge on any atom is 0.0632 e. The van der Waals surface area contributed by atoms with E-state index < -0.39 is 0 Å². The van der Waals surface area contributed by atoms with Crippen molar-refractivity contribution in [3.63, 3.8) is 0 Å². The zero-order valence-electron chi connectivity index (χ0n) is 6.05.